The van der Waals surface area contributed by atoms with Crippen LogP contribution >= 0.6 is 0 Å². The van der Waals surface area contributed by atoms with Crippen LogP contribution in [-0.2, 0) is 12.8 Å². The van der Waals surface area contributed by atoms with Crippen molar-refractivity contribution < 1.29 is 0 Å². The van der Waals surface area contributed by atoms with E-state index in [2.05, 4.69) is 21.9 Å². The molecule has 0 amide bonds. The first-order chi connectivity index (χ1) is 6.66. The molecule has 0 spiro atoms. The molecule has 1 aliphatic heterocycles. The lowest BCUT2D eigenvalue weighted by molar-refractivity contribution is 0.352. The van der Waals surface area contributed by atoms with E-state index in [0.29, 0.717) is 5.82 Å². The highest BCUT2D eigenvalue weighted by Crippen LogP contribution is 2.15. The molecule has 1 aromatic heterocycles. The van der Waals surface area contributed by atoms with Crippen molar-refractivity contribution in [1.82, 2.24) is 14.9 Å². The van der Waals surface area contributed by atoms with Gasteiger partial charge in [-0.05, 0) is 13.5 Å². The van der Waals surface area contributed by atoms with Crippen LogP contribution in [0.2, 0.25) is 0 Å². The van der Waals surface area contributed by atoms with Gasteiger partial charge < -0.3 is 15.6 Å². The fraction of sp³-hybridized carbons (Fsp3) is 0.556. The Hall–Kier alpha value is -1.36. The summed E-state index contributed by atoms with van der Waals surface area (Å²) in [5, 5.41) is 0. The van der Waals surface area contributed by atoms with Gasteiger partial charge in [0.25, 0.3) is 0 Å². The number of nitrogens with zero attached hydrogens (tertiary/aromatic N) is 2. The molecular formula is C9H14N4O. The number of nitrogens with one attached hydrogen (secondary N) is 1. The predicted octanol–water partition coefficient (Wildman–Crippen LogP) is -0.617. The summed E-state index contributed by atoms with van der Waals surface area (Å²) in [7, 11) is 2.06. The summed E-state index contributed by atoms with van der Waals surface area (Å²) in [6, 6.07) is 0. The highest BCUT2D eigenvalue weighted by atomic mass is 16.1. The van der Waals surface area contributed by atoms with Crippen molar-refractivity contribution in [3.8, 4) is 0 Å². The monoisotopic (exact) mass is 194 g/mol. The van der Waals surface area contributed by atoms with Crippen LogP contribution in [0.25, 0.3) is 0 Å². The van der Waals surface area contributed by atoms with Gasteiger partial charge in [0.2, 0.25) is 0 Å². The maximum Gasteiger partial charge on any atom is 0.347 e. The van der Waals surface area contributed by atoms with E-state index in [0.717, 1.165) is 37.2 Å². The number of rotatable bonds is 0. The molecule has 0 radical (unpaired) electrons. The molecule has 3 N–H and O–H groups in total. The van der Waals surface area contributed by atoms with Gasteiger partial charge in [-0.1, -0.05) is 0 Å². The van der Waals surface area contributed by atoms with E-state index in [9.17, 15) is 4.79 Å². The SMILES string of the molecule is CN1CCc2[nH]c(=O)nc(N)c2CC1. The van der Waals surface area contributed by atoms with Crippen LogP contribution in [-0.4, -0.2) is 35.0 Å². The van der Waals surface area contributed by atoms with E-state index in [1.165, 1.54) is 0 Å². The van der Waals surface area contributed by atoms with Crippen molar-refractivity contribution in [1.29, 1.82) is 0 Å². The number of aromatic nitrogens is 2. The summed E-state index contributed by atoms with van der Waals surface area (Å²) in [4.78, 5) is 19.8. The molecule has 2 rings (SSSR count). The number of nitrogens with two attached hydrogens (primary N) is 1. The topological polar surface area (TPSA) is 75.0 Å². The molecule has 1 aliphatic rings. The van der Waals surface area contributed by atoms with Crippen molar-refractivity contribution in [2.45, 2.75) is 12.8 Å². The Bertz CT molecular complexity index is 398. The van der Waals surface area contributed by atoms with Crippen molar-refractivity contribution in [3.63, 3.8) is 0 Å². The lowest BCUT2D eigenvalue weighted by atomic mass is 10.1. The minimum atomic E-state index is -0.342. The van der Waals surface area contributed by atoms with Crippen molar-refractivity contribution >= 4 is 5.82 Å². The zero-order chi connectivity index (χ0) is 10.1. The van der Waals surface area contributed by atoms with Gasteiger partial charge in [0.05, 0.1) is 0 Å². The van der Waals surface area contributed by atoms with Crippen LogP contribution in [0.5, 0.6) is 0 Å². The largest absolute Gasteiger partial charge is 0.383 e. The van der Waals surface area contributed by atoms with Gasteiger partial charge in [0.1, 0.15) is 5.82 Å². The molecule has 1 aromatic rings. The molecule has 0 aromatic carbocycles. The van der Waals surface area contributed by atoms with Crippen molar-refractivity contribution in [2.24, 2.45) is 0 Å². The number of nitrogen functional groups attached to an aromatic ring is 1. The van der Waals surface area contributed by atoms with Gasteiger partial charge in [0.15, 0.2) is 0 Å². The summed E-state index contributed by atoms with van der Waals surface area (Å²) in [6.07, 6.45) is 1.70. The molecule has 0 atom stereocenters. The van der Waals surface area contributed by atoms with E-state index in [1.807, 2.05) is 0 Å². The average molecular weight is 194 g/mol. The highest BCUT2D eigenvalue weighted by Gasteiger charge is 2.15. The van der Waals surface area contributed by atoms with Gasteiger partial charge in [-0.15, -0.1) is 0 Å². The summed E-state index contributed by atoms with van der Waals surface area (Å²) in [5.41, 5.74) is 7.32. The molecule has 0 unspecified atom stereocenters. The molecule has 5 nitrogen and oxygen atoms in total. The fourth-order valence-electron chi connectivity index (χ4n) is 1.77. The summed E-state index contributed by atoms with van der Waals surface area (Å²) in [5.74, 6) is 0.388. The number of fused-ring (bicyclic) bond motifs is 1. The number of aromatic amines is 1. The van der Waals surface area contributed by atoms with Crippen molar-refractivity contribution in [2.75, 3.05) is 25.9 Å². The van der Waals surface area contributed by atoms with Gasteiger partial charge in [-0.2, -0.15) is 4.98 Å². The standard InChI is InChI=1S/C9H14N4O/c1-13-4-2-6-7(3-5-13)11-9(14)12-8(6)10/h2-5H2,1H3,(H3,10,11,12,14). The van der Waals surface area contributed by atoms with Gasteiger partial charge in [-0.25, -0.2) is 4.79 Å². The first-order valence-corrected chi connectivity index (χ1v) is 4.73. The summed E-state index contributed by atoms with van der Waals surface area (Å²) < 4.78 is 0. The van der Waals surface area contributed by atoms with Crippen LogP contribution in [0.15, 0.2) is 4.79 Å². The van der Waals surface area contributed by atoms with E-state index in [1.54, 1.807) is 0 Å². The molecule has 2 heterocycles. The first-order valence-electron chi connectivity index (χ1n) is 4.73. The van der Waals surface area contributed by atoms with Gasteiger partial charge in [-0.3, -0.25) is 0 Å². The Labute approximate surface area is 82.0 Å². The van der Waals surface area contributed by atoms with E-state index in [4.69, 9.17) is 5.73 Å². The minimum absolute atomic E-state index is 0.342. The van der Waals surface area contributed by atoms with Crippen LogP contribution < -0.4 is 11.4 Å². The molecule has 0 aliphatic carbocycles. The zero-order valence-electron chi connectivity index (χ0n) is 8.21. The molecule has 0 fully saturated rings. The average Bonchev–Trinajstić information content (AvgIpc) is 2.28. The Morgan fingerprint density at radius 3 is 2.93 bits per heavy atom. The molecule has 0 saturated heterocycles. The molecule has 0 bridgehead atoms. The predicted molar refractivity (Wildman–Crippen MR) is 54.2 cm³/mol. The number of H-pyrrole nitrogens is 1. The molecule has 0 saturated carbocycles. The van der Waals surface area contributed by atoms with E-state index < -0.39 is 0 Å². The second-order valence-electron chi connectivity index (χ2n) is 3.69. The number of hydrogen-bond acceptors (Lipinski definition) is 4. The quantitative estimate of drug-likeness (QED) is 0.577. The van der Waals surface area contributed by atoms with Crippen molar-refractivity contribution in [3.05, 3.63) is 21.7 Å². The second kappa shape index (κ2) is 3.42. The number of likely N-dealkylation sites (N-methyl/N-ethyl adjacent to an activating group) is 1. The Balaban J connectivity index is 2.45. The Kier molecular flexibility index (Phi) is 2.25. The third kappa shape index (κ3) is 1.63. The minimum Gasteiger partial charge on any atom is -0.383 e. The van der Waals surface area contributed by atoms with Crippen LogP contribution in [0, 0.1) is 0 Å². The van der Waals surface area contributed by atoms with Crippen LogP contribution in [0.1, 0.15) is 11.3 Å². The zero-order valence-corrected chi connectivity index (χ0v) is 8.21. The van der Waals surface area contributed by atoms with Crippen LogP contribution in [0.3, 0.4) is 0 Å². The lowest BCUT2D eigenvalue weighted by Crippen LogP contribution is -2.20. The maximum absolute atomic E-state index is 11.1. The highest BCUT2D eigenvalue weighted by molar-refractivity contribution is 5.42. The third-order valence-corrected chi connectivity index (χ3v) is 2.64. The van der Waals surface area contributed by atoms with Gasteiger partial charge >= 0.3 is 5.69 Å². The summed E-state index contributed by atoms with van der Waals surface area (Å²) >= 11 is 0. The fourth-order valence-corrected chi connectivity index (χ4v) is 1.77. The summed E-state index contributed by atoms with van der Waals surface area (Å²) in [6.45, 7) is 1.91. The normalized spacial score (nSPS) is 17.5. The number of hydrogen-bond donors (Lipinski definition) is 2. The first kappa shape index (κ1) is 9.21. The third-order valence-electron chi connectivity index (χ3n) is 2.64. The van der Waals surface area contributed by atoms with E-state index in [-0.39, 0.29) is 5.69 Å². The number of anilines is 1. The second-order valence-corrected chi connectivity index (χ2v) is 3.69. The Morgan fingerprint density at radius 1 is 1.43 bits per heavy atom. The molecule has 14 heavy (non-hydrogen) atoms. The lowest BCUT2D eigenvalue weighted by Gasteiger charge is -2.10. The molecule has 76 valence electrons. The van der Waals surface area contributed by atoms with Gasteiger partial charge in [0, 0.05) is 30.8 Å². The molecule has 5 heteroatoms. The van der Waals surface area contributed by atoms with E-state index >= 15 is 0 Å². The smallest absolute Gasteiger partial charge is 0.347 e. The maximum atomic E-state index is 11.1. The molecular weight excluding hydrogens is 180 g/mol. The van der Waals surface area contributed by atoms with Crippen LogP contribution in [0.4, 0.5) is 5.82 Å². The Morgan fingerprint density at radius 2 is 2.14 bits per heavy atom.